The van der Waals surface area contributed by atoms with E-state index in [2.05, 4.69) is 11.6 Å². The van der Waals surface area contributed by atoms with Crippen molar-refractivity contribution in [3.8, 4) is 6.07 Å². The van der Waals surface area contributed by atoms with Gasteiger partial charge in [-0.15, -0.1) is 0 Å². The minimum Gasteiger partial charge on any atom is -0.303 e. The van der Waals surface area contributed by atoms with Crippen LogP contribution in [0, 0.1) is 11.3 Å². The Bertz CT molecular complexity index is 501. The Labute approximate surface area is 73.6 Å². The zero-order valence-corrected chi connectivity index (χ0v) is 7.00. The third kappa shape index (κ3) is 1.56. The second kappa shape index (κ2) is 3.11. The van der Waals surface area contributed by atoms with Crippen LogP contribution in [0.5, 0.6) is 0 Å². The van der Waals surface area contributed by atoms with E-state index in [4.69, 9.17) is 5.26 Å². The summed E-state index contributed by atoms with van der Waals surface area (Å²) in [6.45, 7) is 3.38. The van der Waals surface area contributed by atoms with Gasteiger partial charge in [0.05, 0.1) is 17.2 Å². The highest BCUT2D eigenvalue weighted by Gasteiger charge is 2.04. The fraction of sp³-hybridized carbons (Fsp3) is 0.125. The maximum atomic E-state index is 11.1. The van der Waals surface area contributed by atoms with Crippen LogP contribution in [-0.2, 0) is 7.05 Å². The molecule has 0 aliphatic rings. The molecule has 13 heavy (non-hydrogen) atoms. The van der Waals surface area contributed by atoms with Crippen LogP contribution >= 0.6 is 0 Å². The summed E-state index contributed by atoms with van der Waals surface area (Å²) in [5.74, 6) is 0. The molecular formula is C8H7N3O2. The second-order valence-electron chi connectivity index (χ2n) is 2.50. The highest BCUT2D eigenvalue weighted by atomic mass is 16.2. The Hall–Kier alpha value is -2.09. The van der Waals surface area contributed by atoms with E-state index in [9.17, 15) is 9.59 Å². The predicted molar refractivity (Wildman–Crippen MR) is 47.0 cm³/mol. The summed E-state index contributed by atoms with van der Waals surface area (Å²) in [6.07, 6.45) is 1.28. The molecule has 0 aromatic carbocycles. The Balaban J connectivity index is 3.52. The Morgan fingerprint density at radius 3 is 2.85 bits per heavy atom. The number of nitriles is 1. The summed E-state index contributed by atoms with van der Waals surface area (Å²) in [5.41, 5.74) is -0.949. The van der Waals surface area contributed by atoms with Crippen molar-refractivity contribution in [2.24, 2.45) is 7.05 Å². The lowest BCUT2D eigenvalue weighted by Gasteiger charge is -1.98. The summed E-state index contributed by atoms with van der Waals surface area (Å²) in [6, 6.07) is 1.74. The summed E-state index contributed by atoms with van der Waals surface area (Å²) in [5, 5.41) is 8.48. The van der Waals surface area contributed by atoms with Crippen LogP contribution in [0.2, 0.25) is 0 Å². The van der Waals surface area contributed by atoms with Gasteiger partial charge in [-0.1, -0.05) is 6.58 Å². The van der Waals surface area contributed by atoms with Gasteiger partial charge in [-0.25, -0.2) is 4.79 Å². The van der Waals surface area contributed by atoms with Crippen molar-refractivity contribution in [3.63, 3.8) is 0 Å². The van der Waals surface area contributed by atoms with Crippen LogP contribution in [0.3, 0.4) is 0 Å². The lowest BCUT2D eigenvalue weighted by atomic mass is 10.2. The first-order chi connectivity index (χ1) is 6.06. The third-order valence-electron chi connectivity index (χ3n) is 1.57. The van der Waals surface area contributed by atoms with Crippen LogP contribution in [0.25, 0.3) is 5.57 Å². The first-order valence-corrected chi connectivity index (χ1v) is 3.45. The van der Waals surface area contributed by atoms with E-state index in [1.54, 1.807) is 6.07 Å². The molecule has 5 heteroatoms. The van der Waals surface area contributed by atoms with Gasteiger partial charge in [-0.3, -0.25) is 9.78 Å². The summed E-state index contributed by atoms with van der Waals surface area (Å²) >= 11 is 0. The molecule has 0 aliphatic carbocycles. The molecule has 1 N–H and O–H groups in total. The van der Waals surface area contributed by atoms with Crippen LogP contribution in [0.15, 0.2) is 22.4 Å². The van der Waals surface area contributed by atoms with Crippen molar-refractivity contribution in [1.29, 1.82) is 5.26 Å². The highest BCUT2D eigenvalue weighted by molar-refractivity contribution is 5.73. The lowest BCUT2D eigenvalue weighted by molar-refractivity contribution is 0.795. The maximum absolute atomic E-state index is 11.1. The minimum absolute atomic E-state index is 0.0388. The molecule has 1 aromatic rings. The molecule has 66 valence electrons. The van der Waals surface area contributed by atoms with Gasteiger partial charge in [0.1, 0.15) is 0 Å². The van der Waals surface area contributed by atoms with Crippen molar-refractivity contribution in [1.82, 2.24) is 9.55 Å². The topological polar surface area (TPSA) is 78.7 Å². The molecule has 0 saturated carbocycles. The number of nitrogens with one attached hydrogen (secondary N) is 1. The number of hydrogen-bond acceptors (Lipinski definition) is 3. The van der Waals surface area contributed by atoms with Gasteiger partial charge in [-0.05, 0) is 0 Å². The first kappa shape index (κ1) is 9.00. The van der Waals surface area contributed by atoms with E-state index in [1.807, 2.05) is 0 Å². The van der Waals surface area contributed by atoms with E-state index in [-0.39, 0.29) is 11.1 Å². The molecule has 0 atom stereocenters. The number of hydrogen-bond donors (Lipinski definition) is 1. The Morgan fingerprint density at radius 1 is 1.69 bits per heavy atom. The zero-order chi connectivity index (χ0) is 10.0. The molecule has 1 heterocycles. The van der Waals surface area contributed by atoms with Gasteiger partial charge in [0.2, 0.25) is 0 Å². The average Bonchev–Trinajstić information content (AvgIpc) is 2.10. The molecule has 1 rings (SSSR count). The molecular weight excluding hydrogens is 170 g/mol. The second-order valence-corrected chi connectivity index (χ2v) is 2.50. The van der Waals surface area contributed by atoms with Crippen LogP contribution < -0.4 is 11.2 Å². The maximum Gasteiger partial charge on any atom is 0.328 e. The van der Waals surface area contributed by atoms with Gasteiger partial charge < -0.3 is 4.57 Å². The number of aromatic amines is 1. The van der Waals surface area contributed by atoms with Gasteiger partial charge >= 0.3 is 5.69 Å². The number of H-pyrrole nitrogens is 1. The fourth-order valence-electron chi connectivity index (χ4n) is 0.839. The van der Waals surface area contributed by atoms with Crippen molar-refractivity contribution >= 4 is 5.57 Å². The predicted octanol–water partition coefficient (Wildman–Crippen LogP) is -0.390. The minimum atomic E-state index is -0.588. The number of aromatic nitrogens is 2. The first-order valence-electron chi connectivity index (χ1n) is 3.45. The summed E-state index contributed by atoms with van der Waals surface area (Å²) < 4.78 is 1.18. The van der Waals surface area contributed by atoms with E-state index in [0.29, 0.717) is 0 Å². The zero-order valence-electron chi connectivity index (χ0n) is 7.00. The van der Waals surface area contributed by atoms with E-state index < -0.39 is 11.2 Å². The number of rotatable bonds is 1. The summed E-state index contributed by atoms with van der Waals surface area (Å²) in [7, 11) is 1.48. The van der Waals surface area contributed by atoms with Crippen molar-refractivity contribution < 1.29 is 0 Å². The molecule has 0 unspecified atom stereocenters. The molecule has 1 aromatic heterocycles. The van der Waals surface area contributed by atoms with E-state index in [1.165, 1.54) is 17.8 Å². The Kier molecular flexibility index (Phi) is 2.15. The van der Waals surface area contributed by atoms with Gasteiger partial charge in [0.15, 0.2) is 0 Å². The van der Waals surface area contributed by atoms with Crippen molar-refractivity contribution in [2.75, 3.05) is 0 Å². The Morgan fingerprint density at radius 2 is 2.31 bits per heavy atom. The van der Waals surface area contributed by atoms with Gasteiger partial charge in [0, 0.05) is 13.2 Å². The quantitative estimate of drug-likeness (QED) is 0.593. The van der Waals surface area contributed by atoms with Crippen molar-refractivity contribution in [3.05, 3.63) is 39.2 Å². The molecule has 0 radical (unpaired) electrons. The number of allylic oxidation sites excluding steroid dienone is 1. The normalized spacial score (nSPS) is 9.23. The number of aryl methyl sites for hydroxylation is 1. The average molecular weight is 177 g/mol. The highest BCUT2D eigenvalue weighted by Crippen LogP contribution is 2.01. The standard InChI is InChI=1S/C8H7N3O2/c1-5(3-9)6-4-11(2)8(13)10-7(6)12/h4H,1H2,2H3,(H,10,12,13). The van der Waals surface area contributed by atoms with Crippen molar-refractivity contribution in [2.45, 2.75) is 0 Å². The largest absolute Gasteiger partial charge is 0.328 e. The molecule has 0 aliphatic heterocycles. The molecule has 0 bridgehead atoms. The van der Waals surface area contributed by atoms with E-state index >= 15 is 0 Å². The fourth-order valence-corrected chi connectivity index (χ4v) is 0.839. The summed E-state index contributed by atoms with van der Waals surface area (Å²) in [4.78, 5) is 24.1. The molecule has 0 saturated heterocycles. The third-order valence-corrected chi connectivity index (χ3v) is 1.57. The smallest absolute Gasteiger partial charge is 0.303 e. The van der Waals surface area contributed by atoms with E-state index in [0.717, 1.165) is 0 Å². The van der Waals surface area contributed by atoms with Gasteiger partial charge in [-0.2, -0.15) is 5.26 Å². The van der Waals surface area contributed by atoms with Crippen LogP contribution in [0.4, 0.5) is 0 Å². The molecule has 0 fully saturated rings. The molecule has 0 amide bonds. The van der Waals surface area contributed by atoms with Gasteiger partial charge in [0.25, 0.3) is 5.56 Å². The lowest BCUT2D eigenvalue weighted by Crippen LogP contribution is -2.29. The molecule has 0 spiro atoms. The SMILES string of the molecule is C=C(C#N)c1cn(C)c(=O)[nH]c1=O. The van der Waals surface area contributed by atoms with Crippen LogP contribution in [0.1, 0.15) is 5.56 Å². The monoisotopic (exact) mass is 177 g/mol. The molecule has 5 nitrogen and oxygen atoms in total. The number of nitrogens with zero attached hydrogens (tertiary/aromatic N) is 2. The van der Waals surface area contributed by atoms with Crippen LogP contribution in [-0.4, -0.2) is 9.55 Å².